The van der Waals surface area contributed by atoms with Crippen molar-refractivity contribution in [1.82, 2.24) is 4.90 Å². The number of imide groups is 1. The van der Waals surface area contributed by atoms with E-state index in [1.807, 2.05) is 0 Å². The second-order valence-electron chi connectivity index (χ2n) is 5.35. The molecule has 1 atom stereocenters. The van der Waals surface area contributed by atoms with Gasteiger partial charge in [0.25, 0.3) is 17.5 Å². The van der Waals surface area contributed by atoms with Crippen molar-refractivity contribution in [1.29, 1.82) is 0 Å². The Bertz CT molecular complexity index is 830. The Kier molecular flexibility index (Phi) is 3.91. The minimum atomic E-state index is -0.854. The van der Waals surface area contributed by atoms with E-state index in [0.717, 1.165) is 4.90 Å². The molecule has 0 aliphatic carbocycles. The molecule has 0 bridgehead atoms. The van der Waals surface area contributed by atoms with Gasteiger partial charge in [-0.1, -0.05) is 30.3 Å². The number of amides is 2. The summed E-state index contributed by atoms with van der Waals surface area (Å²) in [6, 6.07) is 13.7. The molecule has 2 aromatic carbocycles. The largest absolute Gasteiger partial charge is 0.297 e. The standard InChI is InChI=1S/C17H12N2O5/c20-15-14(11-4-2-1-3-5-11)10-18(17(15)22)16(21)12-6-8-13(9-7-12)19(23)24/h1-9,14H,10H2/t14-/m0/s1. The first-order valence-electron chi connectivity index (χ1n) is 7.18. The lowest BCUT2D eigenvalue weighted by atomic mass is 9.97. The molecule has 0 aromatic heterocycles. The molecule has 7 heteroatoms. The third-order valence-electron chi connectivity index (χ3n) is 3.91. The fourth-order valence-corrected chi connectivity index (χ4v) is 2.63. The summed E-state index contributed by atoms with van der Waals surface area (Å²) in [6.45, 7) is -0.0303. The molecule has 2 aromatic rings. The van der Waals surface area contributed by atoms with Crippen LogP contribution >= 0.6 is 0 Å². The van der Waals surface area contributed by atoms with Crippen LogP contribution in [0.2, 0.25) is 0 Å². The summed E-state index contributed by atoms with van der Waals surface area (Å²) in [4.78, 5) is 47.7. The van der Waals surface area contributed by atoms with Gasteiger partial charge >= 0.3 is 0 Å². The normalized spacial score (nSPS) is 17.2. The SMILES string of the molecule is O=C1C(=O)N(C(=O)c2ccc([N+](=O)[O-])cc2)C[C@H]1c1ccccc1. The predicted octanol–water partition coefficient (Wildman–Crippen LogP) is 1.93. The minimum Gasteiger partial charge on any atom is -0.288 e. The molecule has 0 unspecified atom stereocenters. The van der Waals surface area contributed by atoms with Crippen LogP contribution in [0, 0.1) is 10.1 Å². The third kappa shape index (κ3) is 2.67. The van der Waals surface area contributed by atoms with E-state index in [1.165, 1.54) is 24.3 Å². The van der Waals surface area contributed by atoms with Crippen LogP contribution < -0.4 is 0 Å². The lowest BCUT2D eigenvalue weighted by Gasteiger charge is -2.13. The van der Waals surface area contributed by atoms with Crippen LogP contribution in [0.25, 0.3) is 0 Å². The third-order valence-corrected chi connectivity index (χ3v) is 3.91. The summed E-state index contributed by atoms with van der Waals surface area (Å²) in [5.74, 6) is -2.80. The Hall–Kier alpha value is -3.35. The molecule has 0 saturated carbocycles. The smallest absolute Gasteiger partial charge is 0.288 e. The van der Waals surface area contributed by atoms with Gasteiger partial charge in [-0.05, 0) is 17.7 Å². The van der Waals surface area contributed by atoms with Gasteiger partial charge in [-0.15, -0.1) is 0 Å². The second-order valence-corrected chi connectivity index (χ2v) is 5.35. The van der Waals surface area contributed by atoms with Gasteiger partial charge in [-0.2, -0.15) is 0 Å². The molecule has 1 saturated heterocycles. The number of likely N-dealkylation sites (tertiary alicyclic amines) is 1. The molecule has 120 valence electrons. The van der Waals surface area contributed by atoms with E-state index in [4.69, 9.17) is 0 Å². The molecule has 0 spiro atoms. The zero-order valence-electron chi connectivity index (χ0n) is 12.4. The van der Waals surface area contributed by atoms with Crippen molar-refractivity contribution < 1.29 is 19.3 Å². The van der Waals surface area contributed by atoms with E-state index in [2.05, 4.69) is 0 Å². The van der Waals surface area contributed by atoms with E-state index in [1.54, 1.807) is 30.3 Å². The number of hydrogen-bond donors (Lipinski definition) is 0. The number of ketones is 1. The number of hydrogen-bond acceptors (Lipinski definition) is 5. The maximum absolute atomic E-state index is 12.4. The predicted molar refractivity (Wildman–Crippen MR) is 83.3 cm³/mol. The number of nitro groups is 1. The van der Waals surface area contributed by atoms with E-state index in [-0.39, 0.29) is 17.8 Å². The lowest BCUT2D eigenvalue weighted by molar-refractivity contribution is -0.384. The highest BCUT2D eigenvalue weighted by atomic mass is 16.6. The maximum atomic E-state index is 12.4. The van der Waals surface area contributed by atoms with Crippen molar-refractivity contribution in [3.63, 3.8) is 0 Å². The summed E-state index contributed by atoms with van der Waals surface area (Å²) in [6.07, 6.45) is 0. The van der Waals surface area contributed by atoms with Gasteiger partial charge in [-0.3, -0.25) is 29.4 Å². The van der Waals surface area contributed by atoms with Crippen molar-refractivity contribution in [2.75, 3.05) is 6.54 Å². The van der Waals surface area contributed by atoms with Crippen LogP contribution in [0.1, 0.15) is 21.8 Å². The maximum Gasteiger partial charge on any atom is 0.297 e. The van der Waals surface area contributed by atoms with Crippen molar-refractivity contribution in [3.8, 4) is 0 Å². The van der Waals surface area contributed by atoms with E-state index in [9.17, 15) is 24.5 Å². The average molecular weight is 324 g/mol. The summed E-state index contributed by atoms with van der Waals surface area (Å²) in [7, 11) is 0. The zero-order valence-corrected chi connectivity index (χ0v) is 12.4. The highest BCUT2D eigenvalue weighted by Gasteiger charge is 2.42. The van der Waals surface area contributed by atoms with Gasteiger partial charge in [-0.25, -0.2) is 0 Å². The molecule has 1 heterocycles. The number of nitrogens with zero attached hydrogens (tertiary/aromatic N) is 2. The van der Waals surface area contributed by atoms with Gasteiger partial charge in [0.05, 0.1) is 10.8 Å². The first kappa shape index (κ1) is 15.5. The van der Waals surface area contributed by atoms with Gasteiger partial charge in [0.2, 0.25) is 5.78 Å². The molecular formula is C17H12N2O5. The summed E-state index contributed by atoms with van der Waals surface area (Å²) in [5, 5.41) is 10.6. The fourth-order valence-electron chi connectivity index (χ4n) is 2.63. The number of nitro benzene ring substituents is 1. The number of carbonyl (C=O) groups is 3. The van der Waals surface area contributed by atoms with Gasteiger partial charge in [0.1, 0.15) is 0 Å². The monoisotopic (exact) mass is 324 g/mol. The van der Waals surface area contributed by atoms with Gasteiger partial charge in [0.15, 0.2) is 0 Å². The topological polar surface area (TPSA) is 97.6 Å². The number of non-ortho nitro benzene ring substituents is 1. The molecule has 7 nitrogen and oxygen atoms in total. The number of rotatable bonds is 3. The summed E-state index contributed by atoms with van der Waals surface area (Å²) >= 11 is 0. The average Bonchev–Trinajstić information content (AvgIpc) is 2.91. The molecule has 0 N–H and O–H groups in total. The fraction of sp³-hybridized carbons (Fsp3) is 0.118. The van der Waals surface area contributed by atoms with Crippen LogP contribution in [0.15, 0.2) is 54.6 Å². The zero-order chi connectivity index (χ0) is 17.3. The first-order valence-corrected chi connectivity index (χ1v) is 7.18. The number of carbonyl (C=O) groups excluding carboxylic acids is 3. The number of Topliss-reactive ketones (excluding diaryl/α,β-unsaturated/α-hetero) is 1. The highest BCUT2D eigenvalue weighted by molar-refractivity contribution is 6.43. The van der Waals surface area contributed by atoms with E-state index >= 15 is 0 Å². The number of benzene rings is 2. The van der Waals surface area contributed by atoms with Crippen LogP contribution in [-0.4, -0.2) is 34.0 Å². The summed E-state index contributed by atoms with van der Waals surface area (Å²) in [5.41, 5.74) is 0.642. The van der Waals surface area contributed by atoms with Crippen molar-refractivity contribution in [3.05, 3.63) is 75.8 Å². The molecular weight excluding hydrogens is 312 g/mol. The van der Waals surface area contributed by atoms with Crippen LogP contribution in [0.5, 0.6) is 0 Å². The van der Waals surface area contributed by atoms with Crippen LogP contribution in [0.4, 0.5) is 5.69 Å². The molecule has 3 rings (SSSR count). The molecule has 0 radical (unpaired) electrons. The Morgan fingerprint density at radius 3 is 2.25 bits per heavy atom. The van der Waals surface area contributed by atoms with Crippen LogP contribution in [0.3, 0.4) is 0 Å². The summed E-state index contributed by atoms with van der Waals surface area (Å²) < 4.78 is 0. The quantitative estimate of drug-likeness (QED) is 0.372. The minimum absolute atomic E-state index is 0.0303. The van der Waals surface area contributed by atoms with Crippen molar-refractivity contribution in [2.45, 2.75) is 5.92 Å². The molecule has 1 aliphatic rings. The molecule has 1 fully saturated rings. The van der Waals surface area contributed by atoms with Crippen molar-refractivity contribution in [2.24, 2.45) is 0 Å². The Labute approximate surface area is 136 Å². The highest BCUT2D eigenvalue weighted by Crippen LogP contribution is 2.26. The first-order chi connectivity index (χ1) is 11.5. The second kappa shape index (κ2) is 6.04. The van der Waals surface area contributed by atoms with E-state index < -0.39 is 28.4 Å². The molecule has 24 heavy (non-hydrogen) atoms. The molecule has 2 amide bonds. The Morgan fingerprint density at radius 2 is 1.67 bits per heavy atom. The molecule has 1 aliphatic heterocycles. The lowest BCUT2D eigenvalue weighted by Crippen LogP contribution is -2.33. The Balaban J connectivity index is 1.84. The van der Waals surface area contributed by atoms with Gasteiger partial charge in [0, 0.05) is 24.2 Å². The van der Waals surface area contributed by atoms with Gasteiger partial charge < -0.3 is 0 Å². The van der Waals surface area contributed by atoms with E-state index in [0.29, 0.717) is 5.56 Å². The Morgan fingerprint density at radius 1 is 1.04 bits per heavy atom. The van der Waals surface area contributed by atoms with Crippen molar-refractivity contribution >= 4 is 23.3 Å². The van der Waals surface area contributed by atoms with Crippen LogP contribution in [-0.2, 0) is 9.59 Å².